The molecule has 2 rings (SSSR count). The van der Waals surface area contributed by atoms with Crippen LogP contribution >= 0.6 is 0 Å². The number of carboxylic acids is 2. The first-order valence-corrected chi connectivity index (χ1v) is 3.82. The minimum absolute atomic E-state index is 0.0450. The molecule has 4 atom stereocenters. The van der Waals surface area contributed by atoms with Crippen LogP contribution in [-0.4, -0.2) is 34.7 Å². The lowest BCUT2D eigenvalue weighted by Crippen LogP contribution is -2.36. The Balaban J connectivity index is 2.07. The molecule has 1 saturated heterocycles. The first-order valence-electron chi connectivity index (χ1n) is 3.82. The molecule has 66 valence electrons. The summed E-state index contributed by atoms with van der Waals surface area (Å²) >= 11 is 0. The van der Waals surface area contributed by atoms with E-state index in [9.17, 15) is 9.59 Å². The van der Waals surface area contributed by atoms with Crippen LogP contribution in [0.1, 0.15) is 0 Å². The molecule has 0 unspecified atom stereocenters. The van der Waals surface area contributed by atoms with E-state index in [1.54, 1.807) is 0 Å². The van der Waals surface area contributed by atoms with E-state index in [-0.39, 0.29) is 11.8 Å². The molecule has 2 fully saturated rings. The highest BCUT2D eigenvalue weighted by Crippen LogP contribution is 2.51. The van der Waals surface area contributed by atoms with Gasteiger partial charge in [-0.3, -0.25) is 9.59 Å². The molecular weight excluding hydrogens is 162 g/mol. The second-order valence-electron chi connectivity index (χ2n) is 3.33. The normalized spacial score (nSPS) is 43.7. The standard InChI is InChI=1S/C7H9NO4/c9-6(10)4-2-1-8-5(3(2)4)7(11)12/h2-5,8H,1H2,(H,9,10)(H,11,12)/t2-,3+,4+,5+/m1/s1. The van der Waals surface area contributed by atoms with Crippen molar-refractivity contribution in [3.63, 3.8) is 0 Å². The van der Waals surface area contributed by atoms with Crippen molar-refractivity contribution in [1.82, 2.24) is 5.32 Å². The Kier molecular flexibility index (Phi) is 1.38. The Morgan fingerprint density at radius 3 is 2.33 bits per heavy atom. The summed E-state index contributed by atoms with van der Waals surface area (Å²) in [4.78, 5) is 21.1. The Morgan fingerprint density at radius 2 is 1.92 bits per heavy atom. The summed E-state index contributed by atoms with van der Waals surface area (Å²) in [6.07, 6.45) is 0. The Bertz CT molecular complexity index is 252. The van der Waals surface area contributed by atoms with Gasteiger partial charge in [-0.25, -0.2) is 0 Å². The molecule has 5 nitrogen and oxygen atoms in total. The summed E-state index contributed by atoms with van der Waals surface area (Å²) in [6.45, 7) is 0.526. The number of carboxylic acid groups (broad SMARTS) is 2. The molecule has 2 aliphatic rings. The molecule has 5 heteroatoms. The third-order valence-corrected chi connectivity index (χ3v) is 2.74. The van der Waals surface area contributed by atoms with Gasteiger partial charge in [0.1, 0.15) is 6.04 Å². The average molecular weight is 171 g/mol. The summed E-state index contributed by atoms with van der Waals surface area (Å²) < 4.78 is 0. The number of carbonyl (C=O) groups is 2. The third kappa shape index (κ3) is 0.828. The number of fused-ring (bicyclic) bond motifs is 1. The van der Waals surface area contributed by atoms with E-state index >= 15 is 0 Å². The highest BCUT2D eigenvalue weighted by Gasteiger charge is 2.63. The minimum atomic E-state index is -0.939. The largest absolute Gasteiger partial charge is 0.481 e. The molecule has 0 spiro atoms. The molecule has 3 N–H and O–H groups in total. The maximum atomic E-state index is 10.6. The third-order valence-electron chi connectivity index (χ3n) is 2.74. The van der Waals surface area contributed by atoms with Crippen LogP contribution in [0, 0.1) is 17.8 Å². The highest BCUT2D eigenvalue weighted by molar-refractivity contribution is 5.81. The van der Waals surface area contributed by atoms with Gasteiger partial charge in [0.25, 0.3) is 0 Å². The fourth-order valence-corrected chi connectivity index (χ4v) is 2.12. The van der Waals surface area contributed by atoms with Crippen molar-refractivity contribution >= 4 is 11.9 Å². The lowest BCUT2D eigenvalue weighted by molar-refractivity contribution is -0.141. The number of hydrogen-bond donors (Lipinski definition) is 3. The molecule has 1 aliphatic heterocycles. The first-order chi connectivity index (χ1) is 5.63. The van der Waals surface area contributed by atoms with Crippen molar-refractivity contribution in [2.75, 3.05) is 6.54 Å². The smallest absolute Gasteiger partial charge is 0.321 e. The molecule has 0 amide bonds. The van der Waals surface area contributed by atoms with Crippen LogP contribution in [0.2, 0.25) is 0 Å². The fourth-order valence-electron chi connectivity index (χ4n) is 2.12. The Labute approximate surface area is 68.4 Å². The van der Waals surface area contributed by atoms with Crippen LogP contribution in [0.5, 0.6) is 0 Å². The lowest BCUT2D eigenvalue weighted by atomic mass is 10.1. The number of aliphatic carboxylic acids is 2. The number of rotatable bonds is 2. The monoisotopic (exact) mass is 171 g/mol. The highest BCUT2D eigenvalue weighted by atomic mass is 16.4. The van der Waals surface area contributed by atoms with Crippen molar-refractivity contribution in [2.24, 2.45) is 17.8 Å². The minimum Gasteiger partial charge on any atom is -0.481 e. The molecular formula is C7H9NO4. The van der Waals surface area contributed by atoms with Gasteiger partial charge in [-0.2, -0.15) is 0 Å². The van der Waals surface area contributed by atoms with Crippen LogP contribution in [0.15, 0.2) is 0 Å². The molecule has 0 radical (unpaired) electrons. The maximum absolute atomic E-state index is 10.6. The van der Waals surface area contributed by atoms with Gasteiger partial charge < -0.3 is 15.5 Å². The molecule has 1 saturated carbocycles. The number of nitrogens with one attached hydrogen (secondary N) is 1. The van der Waals surface area contributed by atoms with Crippen LogP contribution < -0.4 is 5.32 Å². The quantitative estimate of drug-likeness (QED) is 0.495. The molecule has 0 aromatic rings. The zero-order chi connectivity index (χ0) is 8.88. The lowest BCUT2D eigenvalue weighted by Gasteiger charge is -2.08. The molecule has 1 heterocycles. The topological polar surface area (TPSA) is 86.6 Å². The van der Waals surface area contributed by atoms with Crippen molar-refractivity contribution in [3.05, 3.63) is 0 Å². The molecule has 1 aliphatic carbocycles. The van der Waals surface area contributed by atoms with Crippen LogP contribution in [0.4, 0.5) is 0 Å². The predicted octanol–water partition coefficient (Wildman–Crippen LogP) is -1.01. The summed E-state index contributed by atoms with van der Waals surface area (Å²) in [5.41, 5.74) is 0. The van der Waals surface area contributed by atoms with E-state index in [0.29, 0.717) is 6.54 Å². The van der Waals surface area contributed by atoms with Gasteiger partial charge in [-0.15, -0.1) is 0 Å². The van der Waals surface area contributed by atoms with Crippen molar-refractivity contribution < 1.29 is 19.8 Å². The van der Waals surface area contributed by atoms with E-state index in [2.05, 4.69) is 5.32 Å². The van der Waals surface area contributed by atoms with E-state index in [1.165, 1.54) is 0 Å². The zero-order valence-electron chi connectivity index (χ0n) is 6.23. The van der Waals surface area contributed by atoms with Gasteiger partial charge in [-0.05, 0) is 12.5 Å². The van der Waals surface area contributed by atoms with Gasteiger partial charge in [0.15, 0.2) is 0 Å². The van der Waals surface area contributed by atoms with Gasteiger partial charge in [-0.1, -0.05) is 0 Å². The summed E-state index contributed by atoms with van der Waals surface area (Å²) in [5, 5.41) is 20.1. The van der Waals surface area contributed by atoms with E-state index in [0.717, 1.165) is 0 Å². The van der Waals surface area contributed by atoms with E-state index < -0.39 is 23.9 Å². The molecule has 0 aromatic heterocycles. The van der Waals surface area contributed by atoms with E-state index in [4.69, 9.17) is 10.2 Å². The number of hydrogen-bond acceptors (Lipinski definition) is 3. The molecule has 12 heavy (non-hydrogen) atoms. The summed E-state index contributed by atoms with van der Waals surface area (Å²) in [7, 11) is 0. The van der Waals surface area contributed by atoms with E-state index in [1.807, 2.05) is 0 Å². The first kappa shape index (κ1) is 7.54. The van der Waals surface area contributed by atoms with Crippen molar-refractivity contribution in [3.8, 4) is 0 Å². The fraction of sp³-hybridized carbons (Fsp3) is 0.714. The van der Waals surface area contributed by atoms with Gasteiger partial charge in [0, 0.05) is 5.92 Å². The second-order valence-corrected chi connectivity index (χ2v) is 3.33. The average Bonchev–Trinajstić information content (AvgIpc) is 2.52. The molecule has 0 bridgehead atoms. The summed E-state index contributed by atoms with van der Waals surface area (Å²) in [5.74, 6) is -2.36. The zero-order valence-corrected chi connectivity index (χ0v) is 6.23. The van der Waals surface area contributed by atoms with Crippen LogP contribution in [-0.2, 0) is 9.59 Å². The second kappa shape index (κ2) is 2.20. The Hall–Kier alpha value is -1.10. The summed E-state index contributed by atoms with van der Waals surface area (Å²) in [6, 6.07) is -0.643. The SMILES string of the molecule is O=C(O)[C@H]1[C@@H]2CN[C@H](C(=O)O)[C@@H]21. The van der Waals surface area contributed by atoms with Gasteiger partial charge in [0.05, 0.1) is 5.92 Å². The van der Waals surface area contributed by atoms with Crippen LogP contribution in [0.25, 0.3) is 0 Å². The van der Waals surface area contributed by atoms with Crippen molar-refractivity contribution in [1.29, 1.82) is 0 Å². The van der Waals surface area contributed by atoms with Crippen molar-refractivity contribution in [2.45, 2.75) is 6.04 Å². The predicted molar refractivity (Wildman–Crippen MR) is 37.5 cm³/mol. The number of piperidine rings is 1. The maximum Gasteiger partial charge on any atom is 0.321 e. The van der Waals surface area contributed by atoms with Gasteiger partial charge >= 0.3 is 11.9 Å². The molecule has 0 aromatic carbocycles. The van der Waals surface area contributed by atoms with Crippen LogP contribution in [0.3, 0.4) is 0 Å². The van der Waals surface area contributed by atoms with Gasteiger partial charge in [0.2, 0.25) is 0 Å². The Morgan fingerprint density at radius 1 is 1.25 bits per heavy atom.